The lowest BCUT2D eigenvalue weighted by atomic mass is 10.0. The van der Waals surface area contributed by atoms with E-state index < -0.39 is 0 Å². The molecule has 10 nitrogen and oxygen atoms in total. The highest BCUT2D eigenvalue weighted by Gasteiger charge is 2.31. The van der Waals surface area contributed by atoms with Crippen LogP contribution in [0.25, 0.3) is 16.2 Å². The van der Waals surface area contributed by atoms with Crippen LogP contribution >= 0.6 is 22.7 Å². The number of imidazole rings is 1. The first kappa shape index (κ1) is 26.6. The molecule has 13 heteroatoms. The molecule has 0 aliphatic carbocycles. The van der Waals surface area contributed by atoms with Gasteiger partial charge >= 0.3 is 0 Å². The Morgan fingerprint density at radius 1 is 1.23 bits per heavy atom. The molecular formula is C27H29FN8O2S2. The maximum atomic E-state index is 13.5. The van der Waals surface area contributed by atoms with Crippen LogP contribution in [0.5, 0.6) is 0 Å². The normalized spacial score (nSPS) is 17.4. The first-order valence-electron chi connectivity index (χ1n) is 13.3. The zero-order valence-electron chi connectivity index (χ0n) is 22.2. The molecule has 2 saturated heterocycles. The maximum Gasteiger partial charge on any atom is 0.222 e. The first-order valence-corrected chi connectivity index (χ1v) is 15.0. The minimum atomic E-state index is -0.368. The zero-order valence-corrected chi connectivity index (χ0v) is 23.9. The van der Waals surface area contributed by atoms with Gasteiger partial charge in [-0.15, -0.1) is 5.10 Å². The second-order valence-electron chi connectivity index (χ2n) is 10.3. The largest absolute Gasteiger partial charge is 0.389 e. The molecule has 0 saturated carbocycles. The fraction of sp³-hybridized carbons (Fsp3) is 0.444. The van der Waals surface area contributed by atoms with E-state index >= 15 is 0 Å². The third-order valence-electron chi connectivity index (χ3n) is 7.55. The number of β-amino-alcohol motifs (C(OH)–C–C–N with tert-alkyl or cyclic N) is 1. The number of aromatic nitrogens is 4. The van der Waals surface area contributed by atoms with Crippen molar-refractivity contribution in [1.29, 1.82) is 5.26 Å². The van der Waals surface area contributed by atoms with E-state index in [1.807, 2.05) is 23.4 Å². The molecule has 0 bridgehead atoms. The summed E-state index contributed by atoms with van der Waals surface area (Å²) in [6, 6.07) is 8.22. The van der Waals surface area contributed by atoms with Crippen LogP contribution in [0.15, 0.2) is 24.3 Å². The van der Waals surface area contributed by atoms with Crippen molar-refractivity contribution in [2.75, 3.05) is 43.0 Å². The van der Waals surface area contributed by atoms with Crippen LogP contribution in [0, 0.1) is 23.1 Å². The fourth-order valence-electron chi connectivity index (χ4n) is 5.28. The van der Waals surface area contributed by atoms with Crippen molar-refractivity contribution in [3.63, 3.8) is 0 Å². The van der Waals surface area contributed by atoms with Crippen LogP contribution in [0.2, 0.25) is 0 Å². The molecule has 1 atom stereocenters. The number of hydrogen-bond donors (Lipinski definition) is 1. The number of hydrogen-bond acceptors (Lipinski definition) is 10. The number of nitriles is 1. The van der Waals surface area contributed by atoms with Gasteiger partial charge in [-0.25, -0.2) is 14.4 Å². The van der Waals surface area contributed by atoms with Gasteiger partial charge in [0.25, 0.3) is 0 Å². The minimum absolute atomic E-state index is 0.126. The summed E-state index contributed by atoms with van der Waals surface area (Å²) in [5.74, 6) is 1.01. The highest BCUT2D eigenvalue weighted by atomic mass is 32.1. The number of nitrogens with zero attached hydrogens (tertiary/aromatic N) is 8. The summed E-state index contributed by atoms with van der Waals surface area (Å²) in [7, 11) is 1.90. The van der Waals surface area contributed by atoms with Gasteiger partial charge in [-0.05, 0) is 49.4 Å². The van der Waals surface area contributed by atoms with Gasteiger partial charge in [0.2, 0.25) is 16.0 Å². The Labute approximate surface area is 238 Å². The van der Waals surface area contributed by atoms with Gasteiger partial charge in [0.1, 0.15) is 22.5 Å². The lowest BCUT2D eigenvalue weighted by Crippen LogP contribution is -2.53. The number of anilines is 3. The number of carbonyl (C=O) groups is 1. The Balaban J connectivity index is 1.21. The topological polar surface area (TPSA) is 114 Å². The van der Waals surface area contributed by atoms with Crippen LogP contribution in [0.1, 0.15) is 36.8 Å². The van der Waals surface area contributed by atoms with Crippen LogP contribution < -0.4 is 9.80 Å². The zero-order chi connectivity index (χ0) is 28.0. The molecule has 40 heavy (non-hydrogen) atoms. The summed E-state index contributed by atoms with van der Waals surface area (Å²) in [6.45, 7) is 4.68. The third kappa shape index (κ3) is 4.91. The van der Waals surface area contributed by atoms with Gasteiger partial charge in [0, 0.05) is 45.2 Å². The summed E-state index contributed by atoms with van der Waals surface area (Å²) < 4.78 is 15.3. The molecule has 208 valence electrons. The molecule has 3 aromatic heterocycles. The Bertz CT molecular complexity index is 1580. The molecule has 2 fully saturated rings. The Morgan fingerprint density at radius 2 is 2.00 bits per heavy atom. The highest BCUT2D eigenvalue weighted by molar-refractivity contribution is 7.20. The van der Waals surface area contributed by atoms with Crippen molar-refractivity contribution in [2.24, 2.45) is 5.92 Å². The van der Waals surface area contributed by atoms with Gasteiger partial charge < -0.3 is 19.8 Å². The predicted octanol–water partition coefficient (Wildman–Crippen LogP) is 4.06. The highest BCUT2D eigenvalue weighted by Crippen LogP contribution is 2.39. The molecule has 6 rings (SSSR count). The van der Waals surface area contributed by atoms with Crippen LogP contribution in [-0.4, -0.2) is 74.8 Å². The van der Waals surface area contributed by atoms with E-state index in [9.17, 15) is 19.6 Å². The molecule has 1 aromatic carbocycles. The minimum Gasteiger partial charge on any atom is -0.389 e. The molecule has 0 radical (unpaired) electrons. The number of fused-ring (bicyclic) bond motifs is 1. The number of thiazole rings is 1. The number of aryl methyl sites for hydroxylation is 1. The predicted molar refractivity (Wildman–Crippen MR) is 153 cm³/mol. The summed E-state index contributed by atoms with van der Waals surface area (Å²) in [5.41, 5.74) is 2.10. The average molecular weight is 581 g/mol. The van der Waals surface area contributed by atoms with Crippen molar-refractivity contribution < 1.29 is 14.3 Å². The van der Waals surface area contributed by atoms with Crippen molar-refractivity contribution in [1.82, 2.24) is 24.5 Å². The summed E-state index contributed by atoms with van der Waals surface area (Å²) in [6.07, 6.45) is 2.69. The van der Waals surface area contributed by atoms with E-state index in [1.54, 1.807) is 28.4 Å². The molecule has 2 aliphatic rings. The van der Waals surface area contributed by atoms with Gasteiger partial charge in [-0.3, -0.25) is 4.79 Å². The number of amides is 1. The SMILES string of the molecule is CCc1nc2sc(N3CCC(CCC(=O)N4CC(O)C4)C3)nn2c1N(C)c1nc(-c2ccc(F)cc2)c(C#N)s1. The molecule has 5 heterocycles. The Morgan fingerprint density at radius 3 is 2.70 bits per heavy atom. The molecule has 1 unspecified atom stereocenters. The van der Waals surface area contributed by atoms with Crippen molar-refractivity contribution in [2.45, 2.75) is 38.7 Å². The summed E-state index contributed by atoms with van der Waals surface area (Å²) in [5, 5.41) is 25.7. The van der Waals surface area contributed by atoms with E-state index in [2.05, 4.69) is 11.0 Å². The third-order valence-corrected chi connectivity index (χ3v) is 9.56. The fourth-order valence-corrected chi connectivity index (χ4v) is 7.08. The van der Waals surface area contributed by atoms with E-state index in [1.165, 1.54) is 23.5 Å². The lowest BCUT2D eigenvalue weighted by Gasteiger charge is -2.36. The van der Waals surface area contributed by atoms with Crippen molar-refractivity contribution >= 4 is 49.6 Å². The first-order chi connectivity index (χ1) is 19.3. The molecule has 0 spiro atoms. The molecule has 2 aliphatic heterocycles. The molecular weight excluding hydrogens is 551 g/mol. The van der Waals surface area contributed by atoms with Gasteiger partial charge in [-0.1, -0.05) is 29.6 Å². The second kappa shape index (κ2) is 10.8. The van der Waals surface area contributed by atoms with E-state index in [0.29, 0.717) is 53.1 Å². The molecule has 1 N–H and O–H groups in total. The number of carbonyl (C=O) groups excluding carboxylic acids is 1. The standard InChI is InChI=1S/C27H29FN8O2S2/c1-3-20-24(33(2)25-31-23(21(12-29)39-25)17-5-7-18(28)8-6-17)36-26(30-20)40-27(32-36)34-11-10-16(13-34)4-9-22(38)35-14-19(37)15-35/h5-8,16,19,37H,3-4,9-11,13-15H2,1-2H3. The van der Waals surface area contributed by atoms with E-state index in [4.69, 9.17) is 15.1 Å². The van der Waals surface area contributed by atoms with Crippen LogP contribution in [0.4, 0.5) is 20.5 Å². The number of likely N-dealkylation sites (tertiary alicyclic amines) is 1. The number of aliphatic hydroxyl groups is 1. The van der Waals surface area contributed by atoms with Crippen LogP contribution in [0.3, 0.4) is 0 Å². The average Bonchev–Trinajstić information content (AvgIpc) is 3.72. The van der Waals surface area contributed by atoms with Crippen molar-refractivity contribution in [3.8, 4) is 17.3 Å². The Hall–Kier alpha value is -3.60. The van der Waals surface area contributed by atoms with Gasteiger partial charge in [0.15, 0.2) is 10.9 Å². The Kier molecular flexibility index (Phi) is 7.16. The lowest BCUT2D eigenvalue weighted by molar-refractivity contribution is -0.141. The molecule has 1 amide bonds. The van der Waals surface area contributed by atoms with Crippen LogP contribution in [-0.2, 0) is 11.2 Å². The molecule has 4 aromatic rings. The number of benzene rings is 1. The van der Waals surface area contributed by atoms with Crippen molar-refractivity contribution in [3.05, 3.63) is 40.7 Å². The quantitative estimate of drug-likeness (QED) is 0.332. The number of rotatable bonds is 8. The number of aliphatic hydroxyl groups excluding tert-OH is 1. The number of halogens is 1. The van der Waals surface area contributed by atoms with E-state index in [-0.39, 0.29) is 17.8 Å². The monoisotopic (exact) mass is 580 g/mol. The second-order valence-corrected chi connectivity index (χ2v) is 12.2. The smallest absolute Gasteiger partial charge is 0.222 e. The maximum absolute atomic E-state index is 13.5. The summed E-state index contributed by atoms with van der Waals surface area (Å²) >= 11 is 2.82. The van der Waals surface area contributed by atoms with Gasteiger partial charge in [0.05, 0.1) is 11.8 Å². The van der Waals surface area contributed by atoms with E-state index in [0.717, 1.165) is 47.5 Å². The van der Waals surface area contributed by atoms with Gasteiger partial charge in [-0.2, -0.15) is 9.78 Å². The summed E-state index contributed by atoms with van der Waals surface area (Å²) in [4.78, 5) is 29.1.